The van der Waals surface area contributed by atoms with Gasteiger partial charge in [0.2, 0.25) is 0 Å². The number of hydrogen-bond acceptors (Lipinski definition) is 2. The van der Waals surface area contributed by atoms with Crippen LogP contribution in [0.1, 0.15) is 49.5 Å². The Morgan fingerprint density at radius 1 is 1.38 bits per heavy atom. The van der Waals surface area contributed by atoms with Crippen LogP contribution in [0.2, 0.25) is 5.02 Å². The molecule has 1 aliphatic heterocycles. The number of nitrogens with zero attached hydrogens (tertiary/aromatic N) is 2. The largest absolute Gasteiger partial charge is 0.342 e. The number of aryl methyl sites for hydroxylation is 1. The number of halogens is 1. The van der Waals surface area contributed by atoms with Crippen LogP contribution in [-0.4, -0.2) is 40.5 Å². The SMILES string of the molecule is CCn1cc(Cl)cc1C(=O)N1CCNCC12CCCCC2. The normalized spacial score (nSPS) is 21.7. The van der Waals surface area contributed by atoms with Crippen LogP contribution >= 0.6 is 11.6 Å². The minimum atomic E-state index is 0.0168. The van der Waals surface area contributed by atoms with Crippen LogP contribution in [0.15, 0.2) is 12.3 Å². The zero-order valence-corrected chi connectivity index (χ0v) is 13.5. The van der Waals surface area contributed by atoms with E-state index in [9.17, 15) is 4.79 Å². The van der Waals surface area contributed by atoms with Gasteiger partial charge in [0.1, 0.15) is 5.69 Å². The van der Waals surface area contributed by atoms with Crippen molar-refractivity contribution >= 4 is 17.5 Å². The zero-order chi connectivity index (χ0) is 14.9. The van der Waals surface area contributed by atoms with Crippen molar-refractivity contribution in [2.75, 3.05) is 19.6 Å². The minimum absolute atomic E-state index is 0.0168. The molecule has 3 rings (SSSR count). The number of carbonyl (C=O) groups is 1. The van der Waals surface area contributed by atoms with Gasteiger partial charge < -0.3 is 14.8 Å². The molecule has 2 aliphatic rings. The third-order valence-electron chi connectivity index (χ3n) is 4.99. The number of amides is 1. The van der Waals surface area contributed by atoms with E-state index in [2.05, 4.69) is 10.2 Å². The first-order valence-electron chi connectivity index (χ1n) is 8.05. The van der Waals surface area contributed by atoms with Crippen molar-refractivity contribution in [3.8, 4) is 0 Å². The van der Waals surface area contributed by atoms with Crippen molar-refractivity contribution in [3.63, 3.8) is 0 Å². The molecule has 116 valence electrons. The van der Waals surface area contributed by atoms with Gasteiger partial charge in [-0.25, -0.2) is 0 Å². The summed E-state index contributed by atoms with van der Waals surface area (Å²) in [5.41, 5.74) is 0.748. The third kappa shape index (κ3) is 2.71. The van der Waals surface area contributed by atoms with Gasteiger partial charge in [-0.3, -0.25) is 4.79 Å². The van der Waals surface area contributed by atoms with Gasteiger partial charge >= 0.3 is 0 Å². The van der Waals surface area contributed by atoms with Crippen LogP contribution < -0.4 is 5.32 Å². The van der Waals surface area contributed by atoms with E-state index in [1.165, 1.54) is 19.3 Å². The molecule has 1 aromatic heterocycles. The van der Waals surface area contributed by atoms with Gasteiger partial charge in [0, 0.05) is 32.4 Å². The summed E-state index contributed by atoms with van der Waals surface area (Å²) in [5, 5.41) is 4.13. The van der Waals surface area contributed by atoms with Gasteiger partial charge in [-0.05, 0) is 25.8 Å². The summed E-state index contributed by atoms with van der Waals surface area (Å²) >= 11 is 6.10. The van der Waals surface area contributed by atoms with Crippen LogP contribution in [0.3, 0.4) is 0 Å². The summed E-state index contributed by atoms with van der Waals surface area (Å²) in [4.78, 5) is 15.2. The Labute approximate surface area is 131 Å². The molecule has 0 bridgehead atoms. The molecular formula is C16H24ClN3O. The number of hydrogen-bond donors (Lipinski definition) is 1. The Morgan fingerprint density at radius 3 is 2.86 bits per heavy atom. The van der Waals surface area contributed by atoms with Crippen molar-refractivity contribution in [1.29, 1.82) is 0 Å². The second-order valence-corrected chi connectivity index (χ2v) is 6.68. The first-order valence-corrected chi connectivity index (χ1v) is 8.42. The lowest BCUT2D eigenvalue weighted by Gasteiger charge is -2.49. The summed E-state index contributed by atoms with van der Waals surface area (Å²) in [6.45, 7) is 5.42. The maximum absolute atomic E-state index is 13.1. The molecule has 2 heterocycles. The van der Waals surface area contributed by atoms with Gasteiger partial charge in [0.05, 0.1) is 10.6 Å². The van der Waals surface area contributed by atoms with E-state index in [1.54, 1.807) is 0 Å². The predicted octanol–water partition coefficient (Wildman–Crippen LogP) is 2.91. The summed E-state index contributed by atoms with van der Waals surface area (Å²) in [6, 6.07) is 1.81. The summed E-state index contributed by atoms with van der Waals surface area (Å²) in [7, 11) is 0. The number of rotatable bonds is 2. The van der Waals surface area contributed by atoms with E-state index in [4.69, 9.17) is 11.6 Å². The van der Waals surface area contributed by atoms with Crippen LogP contribution in [0, 0.1) is 0 Å². The number of piperazine rings is 1. The molecule has 0 unspecified atom stereocenters. The average Bonchev–Trinajstić information content (AvgIpc) is 2.89. The topological polar surface area (TPSA) is 37.3 Å². The van der Waals surface area contributed by atoms with E-state index in [1.807, 2.05) is 23.8 Å². The molecule has 1 spiro atoms. The van der Waals surface area contributed by atoms with Crippen molar-refractivity contribution < 1.29 is 4.79 Å². The summed E-state index contributed by atoms with van der Waals surface area (Å²) in [5.74, 6) is 0.146. The predicted molar refractivity (Wildman–Crippen MR) is 84.8 cm³/mol. The molecule has 0 radical (unpaired) electrons. The maximum atomic E-state index is 13.1. The molecule has 1 saturated carbocycles. The number of nitrogens with one attached hydrogen (secondary N) is 1. The number of aromatic nitrogens is 1. The Bertz CT molecular complexity index is 511. The maximum Gasteiger partial charge on any atom is 0.271 e. The Morgan fingerprint density at radius 2 is 2.14 bits per heavy atom. The molecule has 0 atom stereocenters. The molecule has 1 aromatic rings. The van der Waals surface area contributed by atoms with Crippen molar-refractivity contribution in [3.05, 3.63) is 23.0 Å². The first-order chi connectivity index (χ1) is 10.2. The highest BCUT2D eigenvalue weighted by Gasteiger charge is 2.42. The lowest BCUT2D eigenvalue weighted by molar-refractivity contribution is 0.0213. The second kappa shape index (κ2) is 6.01. The lowest BCUT2D eigenvalue weighted by Crippen LogP contribution is -2.63. The van der Waals surface area contributed by atoms with Crippen molar-refractivity contribution in [2.45, 2.75) is 51.1 Å². The molecule has 1 saturated heterocycles. The molecule has 1 aliphatic carbocycles. The van der Waals surface area contributed by atoms with Crippen molar-refractivity contribution in [2.24, 2.45) is 0 Å². The molecule has 21 heavy (non-hydrogen) atoms. The van der Waals surface area contributed by atoms with E-state index in [-0.39, 0.29) is 11.4 Å². The monoisotopic (exact) mass is 309 g/mol. The van der Waals surface area contributed by atoms with Crippen LogP contribution in [-0.2, 0) is 6.54 Å². The average molecular weight is 310 g/mol. The molecule has 4 nitrogen and oxygen atoms in total. The molecule has 1 N–H and O–H groups in total. The van der Waals surface area contributed by atoms with Gasteiger partial charge in [0.25, 0.3) is 5.91 Å². The smallest absolute Gasteiger partial charge is 0.271 e. The highest BCUT2D eigenvalue weighted by atomic mass is 35.5. The minimum Gasteiger partial charge on any atom is -0.342 e. The second-order valence-electron chi connectivity index (χ2n) is 6.25. The fourth-order valence-electron chi connectivity index (χ4n) is 3.87. The van der Waals surface area contributed by atoms with Crippen LogP contribution in [0.25, 0.3) is 0 Å². The Hall–Kier alpha value is -1.00. The Balaban J connectivity index is 1.90. The fraction of sp³-hybridized carbons (Fsp3) is 0.688. The molecule has 2 fully saturated rings. The summed E-state index contributed by atoms with van der Waals surface area (Å²) < 4.78 is 1.96. The van der Waals surface area contributed by atoms with E-state index in [0.29, 0.717) is 5.02 Å². The van der Waals surface area contributed by atoms with Gasteiger partial charge in [-0.15, -0.1) is 0 Å². The van der Waals surface area contributed by atoms with Crippen LogP contribution in [0.4, 0.5) is 0 Å². The molecule has 5 heteroatoms. The quantitative estimate of drug-likeness (QED) is 0.912. The van der Waals surface area contributed by atoms with E-state index in [0.717, 1.165) is 44.7 Å². The fourth-order valence-corrected chi connectivity index (χ4v) is 4.09. The summed E-state index contributed by atoms with van der Waals surface area (Å²) in [6.07, 6.45) is 7.83. The van der Waals surface area contributed by atoms with Gasteiger partial charge in [-0.1, -0.05) is 30.9 Å². The first kappa shape index (κ1) is 14.9. The lowest BCUT2D eigenvalue weighted by atomic mass is 9.79. The standard InChI is InChI=1S/C16H24ClN3O/c1-2-19-11-13(17)10-14(19)15(21)20-9-8-18-12-16(20)6-4-3-5-7-16/h10-11,18H,2-9,12H2,1H3. The highest BCUT2D eigenvalue weighted by Crippen LogP contribution is 2.35. The van der Waals surface area contributed by atoms with E-state index >= 15 is 0 Å². The zero-order valence-electron chi connectivity index (χ0n) is 12.7. The third-order valence-corrected chi connectivity index (χ3v) is 5.20. The van der Waals surface area contributed by atoms with Crippen molar-refractivity contribution in [1.82, 2.24) is 14.8 Å². The Kier molecular flexibility index (Phi) is 4.27. The molecule has 1 amide bonds. The molecule has 0 aromatic carbocycles. The van der Waals surface area contributed by atoms with Crippen LogP contribution in [0.5, 0.6) is 0 Å². The van der Waals surface area contributed by atoms with Gasteiger partial charge in [0.15, 0.2) is 0 Å². The highest BCUT2D eigenvalue weighted by molar-refractivity contribution is 6.31. The molecular weight excluding hydrogens is 286 g/mol. The number of carbonyl (C=O) groups excluding carboxylic acids is 1. The van der Waals surface area contributed by atoms with E-state index < -0.39 is 0 Å². The van der Waals surface area contributed by atoms with Gasteiger partial charge in [-0.2, -0.15) is 0 Å².